The minimum atomic E-state index is -0.474. The van der Waals surface area contributed by atoms with Crippen molar-refractivity contribution in [3.63, 3.8) is 0 Å². The number of fused-ring (bicyclic) bond motifs is 1. The summed E-state index contributed by atoms with van der Waals surface area (Å²) < 4.78 is 0. The first-order chi connectivity index (χ1) is 17.1. The molecule has 0 fully saturated rings. The van der Waals surface area contributed by atoms with Gasteiger partial charge in [-0.1, -0.05) is 58.0 Å². The number of hydrogen-bond donors (Lipinski definition) is 3. The van der Waals surface area contributed by atoms with Crippen LogP contribution in [-0.2, 0) is 4.79 Å². The zero-order chi connectivity index (χ0) is 26.1. The van der Waals surface area contributed by atoms with Gasteiger partial charge in [0.2, 0.25) is 0 Å². The number of carbonyl (C=O) groups excluding carboxylic acids is 2. The molecule has 0 saturated carbocycles. The highest BCUT2D eigenvalue weighted by molar-refractivity contribution is 6.34. The number of nitrogens with one attached hydrogen (secondary N) is 2. The van der Waals surface area contributed by atoms with Crippen LogP contribution in [0.25, 0.3) is 5.57 Å². The van der Waals surface area contributed by atoms with Gasteiger partial charge in [-0.15, -0.1) is 0 Å². The van der Waals surface area contributed by atoms with E-state index in [0.29, 0.717) is 5.57 Å². The number of phenols is 1. The Morgan fingerprint density at radius 2 is 1.67 bits per heavy atom. The summed E-state index contributed by atoms with van der Waals surface area (Å²) >= 11 is 0. The van der Waals surface area contributed by atoms with Gasteiger partial charge in [-0.3, -0.25) is 19.9 Å². The zero-order valence-corrected chi connectivity index (χ0v) is 21.6. The van der Waals surface area contributed by atoms with Crippen LogP contribution >= 0.6 is 0 Å². The Kier molecular flexibility index (Phi) is 6.88. The predicted molar refractivity (Wildman–Crippen MR) is 144 cm³/mol. The molecular formula is C30H33N3O3. The van der Waals surface area contributed by atoms with Gasteiger partial charge in [0.15, 0.2) is 0 Å². The molecule has 2 amide bonds. The fraction of sp³-hybridized carbons (Fsp3) is 0.267. The summed E-state index contributed by atoms with van der Waals surface area (Å²) in [6.07, 6.45) is 1.51. The van der Waals surface area contributed by atoms with Gasteiger partial charge in [-0.2, -0.15) is 0 Å². The van der Waals surface area contributed by atoms with E-state index >= 15 is 0 Å². The lowest BCUT2D eigenvalue weighted by atomic mass is 9.92. The SMILES string of the molecule is Cc1ccc(N2C(=O)C(=CNNC(=O)c3cc(C(C)C)cc(C(C)C)c3O)c3ccccc32)cc1C. The lowest BCUT2D eigenvalue weighted by Gasteiger charge is -2.18. The van der Waals surface area contributed by atoms with E-state index in [1.807, 2.05) is 90.1 Å². The lowest BCUT2D eigenvalue weighted by molar-refractivity contribution is -0.112. The molecule has 0 bridgehead atoms. The van der Waals surface area contributed by atoms with E-state index in [2.05, 4.69) is 10.9 Å². The third-order valence-corrected chi connectivity index (χ3v) is 6.71. The van der Waals surface area contributed by atoms with Crippen molar-refractivity contribution < 1.29 is 14.7 Å². The van der Waals surface area contributed by atoms with Crippen LogP contribution in [0.1, 0.15) is 77.7 Å². The normalized spacial score (nSPS) is 14.1. The van der Waals surface area contributed by atoms with Gasteiger partial charge in [-0.05, 0) is 72.2 Å². The summed E-state index contributed by atoms with van der Waals surface area (Å²) in [7, 11) is 0. The highest BCUT2D eigenvalue weighted by Gasteiger charge is 2.33. The molecule has 1 heterocycles. The first kappa shape index (κ1) is 25.0. The van der Waals surface area contributed by atoms with Crippen LogP contribution in [0.15, 0.2) is 60.8 Å². The van der Waals surface area contributed by atoms with Gasteiger partial charge in [0.25, 0.3) is 11.8 Å². The molecule has 0 saturated heterocycles. The van der Waals surface area contributed by atoms with Crippen LogP contribution in [0.3, 0.4) is 0 Å². The average Bonchev–Trinajstić information content (AvgIpc) is 3.11. The molecule has 3 aromatic rings. The fourth-order valence-corrected chi connectivity index (χ4v) is 4.37. The van der Waals surface area contributed by atoms with E-state index in [4.69, 9.17) is 0 Å². The molecule has 0 spiro atoms. The topological polar surface area (TPSA) is 81.7 Å². The number of hydrogen-bond acceptors (Lipinski definition) is 4. The Bertz CT molecular complexity index is 1370. The molecule has 186 valence electrons. The smallest absolute Gasteiger partial charge is 0.273 e. The van der Waals surface area contributed by atoms with Crippen LogP contribution in [0.2, 0.25) is 0 Å². The standard InChI is InChI=1S/C30H33N3O3/c1-17(2)21-14-24(18(3)4)28(34)25(15-21)29(35)32-31-16-26-23-9-7-8-10-27(23)33(30(26)36)22-12-11-19(5)20(6)13-22/h7-18,31,34H,1-6H3,(H,32,35). The Morgan fingerprint density at radius 1 is 0.944 bits per heavy atom. The van der Waals surface area contributed by atoms with E-state index in [1.165, 1.54) is 6.20 Å². The minimum Gasteiger partial charge on any atom is -0.507 e. The third kappa shape index (κ3) is 4.59. The van der Waals surface area contributed by atoms with Gasteiger partial charge in [0, 0.05) is 17.5 Å². The number of phenolic OH excluding ortho intramolecular Hbond substituents is 1. The molecule has 0 aromatic heterocycles. The van der Waals surface area contributed by atoms with Gasteiger partial charge in [-0.25, -0.2) is 0 Å². The first-order valence-corrected chi connectivity index (χ1v) is 12.2. The highest BCUT2D eigenvalue weighted by Crippen LogP contribution is 2.41. The maximum Gasteiger partial charge on any atom is 0.273 e. The van der Waals surface area contributed by atoms with Crippen LogP contribution in [0.5, 0.6) is 5.75 Å². The number of rotatable bonds is 6. The van der Waals surface area contributed by atoms with Gasteiger partial charge < -0.3 is 10.5 Å². The predicted octanol–water partition coefficient (Wildman–Crippen LogP) is 6.21. The second-order valence-electron chi connectivity index (χ2n) is 9.90. The number of aryl methyl sites for hydroxylation is 2. The zero-order valence-electron chi connectivity index (χ0n) is 21.6. The van der Waals surface area contributed by atoms with Crippen LogP contribution in [0, 0.1) is 13.8 Å². The molecule has 0 atom stereocenters. The van der Waals surface area contributed by atoms with Crippen molar-refractivity contribution in [2.24, 2.45) is 0 Å². The summed E-state index contributed by atoms with van der Waals surface area (Å²) in [5.74, 6) is -0.418. The van der Waals surface area contributed by atoms with Crippen LogP contribution < -0.4 is 15.8 Å². The maximum absolute atomic E-state index is 13.5. The number of amides is 2. The number of anilines is 2. The van der Waals surface area contributed by atoms with Gasteiger partial charge in [0.1, 0.15) is 5.75 Å². The van der Waals surface area contributed by atoms with E-state index < -0.39 is 5.91 Å². The average molecular weight is 484 g/mol. The maximum atomic E-state index is 13.5. The van der Waals surface area contributed by atoms with Crippen molar-refractivity contribution in [1.82, 2.24) is 10.9 Å². The molecule has 6 nitrogen and oxygen atoms in total. The molecule has 3 aromatic carbocycles. The third-order valence-electron chi connectivity index (χ3n) is 6.71. The monoisotopic (exact) mass is 483 g/mol. The van der Waals surface area contributed by atoms with Crippen molar-refractivity contribution in [2.45, 2.75) is 53.4 Å². The van der Waals surface area contributed by atoms with E-state index in [-0.39, 0.29) is 29.1 Å². The molecule has 4 rings (SSSR count). The molecule has 3 N–H and O–H groups in total. The summed E-state index contributed by atoms with van der Waals surface area (Å²) in [5.41, 5.74) is 12.4. The lowest BCUT2D eigenvalue weighted by Crippen LogP contribution is -2.34. The van der Waals surface area contributed by atoms with Crippen molar-refractivity contribution >= 4 is 28.8 Å². The van der Waals surface area contributed by atoms with Crippen molar-refractivity contribution in [1.29, 1.82) is 0 Å². The molecule has 6 heteroatoms. The first-order valence-electron chi connectivity index (χ1n) is 12.2. The van der Waals surface area contributed by atoms with Crippen molar-refractivity contribution in [2.75, 3.05) is 4.90 Å². The number of benzene rings is 3. The van der Waals surface area contributed by atoms with Crippen LogP contribution in [0.4, 0.5) is 11.4 Å². The fourth-order valence-electron chi connectivity index (χ4n) is 4.37. The second kappa shape index (κ2) is 9.90. The second-order valence-corrected chi connectivity index (χ2v) is 9.90. The van der Waals surface area contributed by atoms with Crippen molar-refractivity contribution in [3.05, 3.63) is 94.2 Å². The van der Waals surface area contributed by atoms with E-state index in [0.717, 1.165) is 39.2 Å². The van der Waals surface area contributed by atoms with Crippen LogP contribution in [-0.4, -0.2) is 16.9 Å². The number of aromatic hydroxyl groups is 1. The molecule has 0 aliphatic carbocycles. The molecule has 1 aliphatic heterocycles. The summed E-state index contributed by atoms with van der Waals surface area (Å²) in [6, 6.07) is 17.2. The molecule has 1 aliphatic rings. The van der Waals surface area contributed by atoms with Crippen molar-refractivity contribution in [3.8, 4) is 5.75 Å². The number of carbonyl (C=O) groups is 2. The molecule has 0 unspecified atom stereocenters. The summed E-state index contributed by atoms with van der Waals surface area (Å²) in [6.45, 7) is 12.1. The van der Waals surface area contributed by atoms with Gasteiger partial charge >= 0.3 is 0 Å². The molecule has 36 heavy (non-hydrogen) atoms. The quantitative estimate of drug-likeness (QED) is 0.288. The van der Waals surface area contributed by atoms with E-state index in [9.17, 15) is 14.7 Å². The van der Waals surface area contributed by atoms with Gasteiger partial charge in [0.05, 0.1) is 16.8 Å². The summed E-state index contributed by atoms with van der Waals surface area (Å²) in [5, 5.41) is 10.8. The summed E-state index contributed by atoms with van der Waals surface area (Å²) in [4.78, 5) is 28.2. The Balaban J connectivity index is 1.61. The Hall–Kier alpha value is -4.06. The highest BCUT2D eigenvalue weighted by atomic mass is 16.3. The number of nitrogens with zero attached hydrogens (tertiary/aromatic N) is 1. The van der Waals surface area contributed by atoms with E-state index in [1.54, 1.807) is 11.0 Å². The number of hydrazine groups is 1. The largest absolute Gasteiger partial charge is 0.507 e. The Labute approximate surface area is 212 Å². The number of para-hydroxylation sites is 1. The molecule has 0 radical (unpaired) electrons. The Morgan fingerprint density at radius 3 is 2.33 bits per heavy atom. The minimum absolute atomic E-state index is 0.0236. The molecular weight excluding hydrogens is 450 g/mol.